The zero-order valence-corrected chi connectivity index (χ0v) is 12.6. The average Bonchev–Trinajstić information content (AvgIpc) is 2.40. The summed E-state index contributed by atoms with van der Waals surface area (Å²) < 4.78 is 39.8. The minimum Gasteiger partial charge on any atom is -0.478 e. The van der Waals surface area contributed by atoms with Crippen LogP contribution >= 0.6 is 15.9 Å². The van der Waals surface area contributed by atoms with E-state index in [0.29, 0.717) is 4.47 Å². The summed E-state index contributed by atoms with van der Waals surface area (Å²) >= 11 is 3.10. The quantitative estimate of drug-likeness (QED) is 0.856. The first kappa shape index (κ1) is 15.4. The van der Waals surface area contributed by atoms with E-state index in [4.69, 9.17) is 5.11 Å². The number of anilines is 1. The van der Waals surface area contributed by atoms with Gasteiger partial charge in [0.1, 0.15) is 10.7 Å². The fraction of sp³-hybridized carbons (Fsp3) is 0. The first-order valence-electron chi connectivity index (χ1n) is 5.46. The molecule has 0 amide bonds. The highest BCUT2D eigenvalue weighted by molar-refractivity contribution is 9.10. The second kappa shape index (κ2) is 5.78. The van der Waals surface area contributed by atoms with Gasteiger partial charge in [0.2, 0.25) is 0 Å². The topological polar surface area (TPSA) is 96.4 Å². The first-order chi connectivity index (χ1) is 9.79. The molecule has 6 nitrogen and oxygen atoms in total. The summed E-state index contributed by atoms with van der Waals surface area (Å²) in [6.45, 7) is 0. The Bertz CT molecular complexity index is 811. The second-order valence-electron chi connectivity index (χ2n) is 3.94. The van der Waals surface area contributed by atoms with E-state index < -0.39 is 26.7 Å². The number of hydrogen-bond acceptors (Lipinski definition) is 4. The third-order valence-corrected chi connectivity index (χ3v) is 4.27. The number of hydrogen-bond donors (Lipinski definition) is 2. The second-order valence-corrected chi connectivity index (χ2v) is 6.54. The summed E-state index contributed by atoms with van der Waals surface area (Å²) in [6, 6.07) is 4.81. The molecular weight excluding hydrogens is 367 g/mol. The Morgan fingerprint density at radius 2 is 2.00 bits per heavy atom. The van der Waals surface area contributed by atoms with Crippen molar-refractivity contribution in [2.45, 2.75) is 4.90 Å². The maximum atomic E-state index is 13.0. The van der Waals surface area contributed by atoms with Crippen LogP contribution in [0.25, 0.3) is 0 Å². The molecule has 0 aliphatic carbocycles. The van der Waals surface area contributed by atoms with Crippen molar-refractivity contribution in [2.75, 3.05) is 4.72 Å². The smallest absolute Gasteiger partial charge is 0.337 e. The molecule has 1 heterocycles. The molecule has 0 aliphatic rings. The normalized spacial score (nSPS) is 11.1. The van der Waals surface area contributed by atoms with Gasteiger partial charge in [-0.15, -0.1) is 0 Å². The van der Waals surface area contributed by atoms with Gasteiger partial charge in [0.15, 0.2) is 0 Å². The van der Waals surface area contributed by atoms with Crippen LogP contribution in [0.5, 0.6) is 0 Å². The Kier molecular flexibility index (Phi) is 4.24. The van der Waals surface area contributed by atoms with Gasteiger partial charge in [-0.2, -0.15) is 0 Å². The van der Waals surface area contributed by atoms with Gasteiger partial charge >= 0.3 is 5.97 Å². The SMILES string of the molecule is O=C(O)c1cc(Br)ccc1NS(=O)(=O)c1cncc(F)c1. The van der Waals surface area contributed by atoms with Crippen LogP contribution in [0.2, 0.25) is 0 Å². The molecular formula is C12H8BrFN2O4S. The molecule has 0 radical (unpaired) electrons. The van der Waals surface area contributed by atoms with Crippen LogP contribution in [-0.2, 0) is 10.0 Å². The minimum absolute atomic E-state index is 0.130. The fourth-order valence-corrected chi connectivity index (χ4v) is 2.94. The number of rotatable bonds is 4. The van der Waals surface area contributed by atoms with E-state index in [9.17, 15) is 17.6 Å². The van der Waals surface area contributed by atoms with Crippen LogP contribution in [0.1, 0.15) is 10.4 Å². The first-order valence-corrected chi connectivity index (χ1v) is 7.73. The van der Waals surface area contributed by atoms with Crippen molar-refractivity contribution in [3.63, 3.8) is 0 Å². The maximum absolute atomic E-state index is 13.0. The third-order valence-electron chi connectivity index (χ3n) is 2.45. The lowest BCUT2D eigenvalue weighted by Crippen LogP contribution is -2.16. The summed E-state index contributed by atoms with van der Waals surface area (Å²) in [6.07, 6.45) is 1.83. The van der Waals surface area contributed by atoms with Gasteiger partial charge in [0, 0.05) is 10.7 Å². The molecule has 110 valence electrons. The van der Waals surface area contributed by atoms with Crippen LogP contribution in [0.3, 0.4) is 0 Å². The molecule has 0 saturated carbocycles. The molecule has 2 N–H and O–H groups in total. The highest BCUT2D eigenvalue weighted by Gasteiger charge is 2.19. The van der Waals surface area contributed by atoms with E-state index in [2.05, 4.69) is 25.6 Å². The summed E-state index contributed by atoms with van der Waals surface area (Å²) in [5, 5.41) is 9.07. The lowest BCUT2D eigenvalue weighted by atomic mass is 10.2. The molecule has 2 rings (SSSR count). The van der Waals surface area contributed by atoms with E-state index in [0.717, 1.165) is 18.5 Å². The van der Waals surface area contributed by atoms with Gasteiger partial charge in [0.05, 0.1) is 17.4 Å². The number of pyridine rings is 1. The summed E-state index contributed by atoms with van der Waals surface area (Å²) in [5.74, 6) is -2.11. The maximum Gasteiger partial charge on any atom is 0.337 e. The number of aromatic nitrogens is 1. The number of sulfonamides is 1. The van der Waals surface area contributed by atoms with E-state index in [-0.39, 0.29) is 11.3 Å². The molecule has 2 aromatic rings. The Hall–Kier alpha value is -2.00. The number of halogens is 2. The van der Waals surface area contributed by atoms with E-state index in [1.54, 1.807) is 0 Å². The molecule has 0 aliphatic heterocycles. The molecule has 1 aromatic carbocycles. The van der Waals surface area contributed by atoms with Crippen LogP contribution in [-0.4, -0.2) is 24.5 Å². The minimum atomic E-state index is -4.14. The molecule has 0 atom stereocenters. The number of aromatic carboxylic acids is 1. The molecule has 21 heavy (non-hydrogen) atoms. The number of nitrogens with zero attached hydrogens (tertiary/aromatic N) is 1. The van der Waals surface area contributed by atoms with Gasteiger partial charge in [-0.3, -0.25) is 9.71 Å². The summed E-state index contributed by atoms with van der Waals surface area (Å²) in [5.41, 5.74) is -0.368. The Morgan fingerprint density at radius 1 is 1.29 bits per heavy atom. The average molecular weight is 375 g/mol. The Morgan fingerprint density at radius 3 is 2.62 bits per heavy atom. The molecule has 9 heteroatoms. The largest absolute Gasteiger partial charge is 0.478 e. The monoisotopic (exact) mass is 374 g/mol. The van der Waals surface area contributed by atoms with Crippen molar-refractivity contribution in [1.29, 1.82) is 0 Å². The third kappa shape index (κ3) is 3.56. The number of carboxylic acid groups (broad SMARTS) is 1. The van der Waals surface area contributed by atoms with E-state index in [1.165, 1.54) is 18.2 Å². The van der Waals surface area contributed by atoms with E-state index in [1.807, 2.05) is 0 Å². The number of nitrogens with one attached hydrogen (secondary N) is 1. The van der Waals surface area contributed by atoms with Crippen molar-refractivity contribution in [3.05, 3.63) is 52.5 Å². The predicted molar refractivity (Wildman–Crippen MR) is 76.1 cm³/mol. The predicted octanol–water partition coefficient (Wildman–Crippen LogP) is 2.48. The molecule has 0 saturated heterocycles. The summed E-state index contributed by atoms with van der Waals surface area (Å²) in [7, 11) is -4.14. The standard InChI is InChI=1S/C12H8BrFN2O4S/c13-7-1-2-11(10(3-7)12(17)18)16-21(19,20)9-4-8(14)5-15-6-9/h1-6,16H,(H,17,18). The zero-order valence-electron chi connectivity index (χ0n) is 10.2. The van der Waals surface area contributed by atoms with Crippen molar-refractivity contribution >= 4 is 37.6 Å². The van der Waals surface area contributed by atoms with Gasteiger partial charge < -0.3 is 5.11 Å². The van der Waals surface area contributed by atoms with Gasteiger partial charge in [0.25, 0.3) is 10.0 Å². The lowest BCUT2D eigenvalue weighted by Gasteiger charge is -2.10. The highest BCUT2D eigenvalue weighted by atomic mass is 79.9. The van der Waals surface area contributed by atoms with Crippen molar-refractivity contribution in [2.24, 2.45) is 0 Å². The van der Waals surface area contributed by atoms with Crippen molar-refractivity contribution in [3.8, 4) is 0 Å². The number of carbonyl (C=O) groups is 1. The lowest BCUT2D eigenvalue weighted by molar-refractivity contribution is 0.0698. The Balaban J connectivity index is 2.44. The van der Waals surface area contributed by atoms with Crippen molar-refractivity contribution < 1.29 is 22.7 Å². The molecule has 1 aromatic heterocycles. The van der Waals surface area contributed by atoms with E-state index >= 15 is 0 Å². The van der Waals surface area contributed by atoms with Gasteiger partial charge in [-0.1, -0.05) is 15.9 Å². The fourth-order valence-electron chi connectivity index (χ4n) is 1.53. The number of carboxylic acids is 1. The van der Waals surface area contributed by atoms with Gasteiger partial charge in [-0.25, -0.2) is 17.6 Å². The Labute approximate surface area is 127 Å². The number of benzene rings is 1. The highest BCUT2D eigenvalue weighted by Crippen LogP contribution is 2.24. The summed E-state index contributed by atoms with van der Waals surface area (Å²) in [4.78, 5) is 14.2. The zero-order chi connectivity index (χ0) is 15.6. The van der Waals surface area contributed by atoms with Crippen LogP contribution < -0.4 is 4.72 Å². The van der Waals surface area contributed by atoms with Crippen LogP contribution in [0.15, 0.2) is 46.0 Å². The van der Waals surface area contributed by atoms with Crippen LogP contribution in [0, 0.1) is 5.82 Å². The molecule has 0 spiro atoms. The molecule has 0 bridgehead atoms. The van der Waals surface area contributed by atoms with Crippen molar-refractivity contribution in [1.82, 2.24) is 4.98 Å². The molecule has 0 fully saturated rings. The molecule has 0 unspecified atom stereocenters. The van der Waals surface area contributed by atoms with Crippen LogP contribution in [0.4, 0.5) is 10.1 Å². The van der Waals surface area contributed by atoms with Gasteiger partial charge in [-0.05, 0) is 24.3 Å².